The first-order valence-electron chi connectivity index (χ1n) is 12.8. The molecular weight excluding hydrogens is 498 g/mol. The van der Waals surface area contributed by atoms with Crippen molar-refractivity contribution in [2.45, 2.75) is 58.0 Å². The molecule has 0 saturated carbocycles. The molecular formula is C30H35N3O4S. The average Bonchev–Trinajstić information content (AvgIpc) is 2.91. The Morgan fingerprint density at radius 2 is 1.66 bits per heavy atom. The van der Waals surface area contributed by atoms with Crippen LogP contribution in [0.15, 0.2) is 78.9 Å². The van der Waals surface area contributed by atoms with Crippen molar-refractivity contribution in [1.29, 1.82) is 0 Å². The molecule has 1 N–H and O–H groups in total. The van der Waals surface area contributed by atoms with Gasteiger partial charge in [0.05, 0.1) is 10.7 Å². The van der Waals surface area contributed by atoms with Crippen molar-refractivity contribution >= 4 is 29.3 Å². The fourth-order valence-corrected chi connectivity index (χ4v) is 4.93. The minimum Gasteiger partial charge on any atom is -0.352 e. The summed E-state index contributed by atoms with van der Waals surface area (Å²) in [5.41, 5.74) is 3.97. The summed E-state index contributed by atoms with van der Waals surface area (Å²) in [6.45, 7) is 6.31. The second kappa shape index (κ2) is 14.3. The highest BCUT2D eigenvalue weighted by Crippen LogP contribution is 2.20. The summed E-state index contributed by atoms with van der Waals surface area (Å²) in [5.74, 6) is 0.429. The number of benzene rings is 3. The zero-order valence-corrected chi connectivity index (χ0v) is 22.9. The molecule has 0 aliphatic heterocycles. The fraction of sp³-hybridized carbons (Fsp3) is 0.333. The Bertz CT molecular complexity index is 1220. The Labute approximate surface area is 228 Å². The molecule has 0 aliphatic rings. The molecule has 3 aromatic rings. The molecule has 2 amide bonds. The molecule has 8 heteroatoms. The number of nitrogens with one attached hydrogen (secondary N) is 1. The maximum Gasteiger partial charge on any atom is 0.269 e. The summed E-state index contributed by atoms with van der Waals surface area (Å²) >= 11 is 1.43. The molecule has 0 saturated heterocycles. The Hall–Kier alpha value is -3.65. The smallest absolute Gasteiger partial charge is 0.269 e. The van der Waals surface area contributed by atoms with E-state index in [1.165, 1.54) is 23.9 Å². The average molecular weight is 534 g/mol. The largest absolute Gasteiger partial charge is 0.352 e. The third kappa shape index (κ3) is 8.73. The van der Waals surface area contributed by atoms with Crippen LogP contribution < -0.4 is 5.32 Å². The number of carbonyl (C=O) groups excluding carboxylic acids is 2. The molecule has 2 atom stereocenters. The van der Waals surface area contributed by atoms with Crippen molar-refractivity contribution in [3.05, 3.63) is 111 Å². The van der Waals surface area contributed by atoms with Gasteiger partial charge in [-0.3, -0.25) is 19.7 Å². The molecule has 0 bridgehead atoms. The summed E-state index contributed by atoms with van der Waals surface area (Å²) < 4.78 is 0. The van der Waals surface area contributed by atoms with E-state index in [1.54, 1.807) is 17.0 Å². The lowest BCUT2D eigenvalue weighted by atomic mass is 10.0. The van der Waals surface area contributed by atoms with E-state index in [-0.39, 0.29) is 29.3 Å². The first-order valence-corrected chi connectivity index (χ1v) is 13.9. The molecule has 0 unspecified atom stereocenters. The van der Waals surface area contributed by atoms with Gasteiger partial charge in [0, 0.05) is 36.9 Å². The normalized spacial score (nSPS) is 12.4. The van der Waals surface area contributed by atoms with E-state index in [0.717, 1.165) is 28.7 Å². The number of carbonyl (C=O) groups is 2. The number of nitro benzene ring substituents is 1. The van der Waals surface area contributed by atoms with E-state index in [1.807, 2.05) is 75.4 Å². The predicted octanol–water partition coefficient (Wildman–Crippen LogP) is 5.69. The molecule has 0 spiro atoms. The van der Waals surface area contributed by atoms with Crippen molar-refractivity contribution in [3.8, 4) is 0 Å². The molecule has 0 aliphatic carbocycles. The minimum absolute atomic E-state index is 0.00629. The van der Waals surface area contributed by atoms with E-state index in [2.05, 4.69) is 5.32 Å². The van der Waals surface area contributed by atoms with Gasteiger partial charge in [-0.05, 0) is 37.0 Å². The van der Waals surface area contributed by atoms with Gasteiger partial charge in [0.2, 0.25) is 11.8 Å². The fourth-order valence-electron chi connectivity index (χ4n) is 4.06. The Kier molecular flexibility index (Phi) is 10.9. The number of non-ortho nitro benzene ring substituents is 1. The standard InChI is InChI=1S/C30H35N3O4S/c1-4-23(3)31-30(35)28(18-24-10-6-5-7-11-24)32(19-26-12-8-9-22(2)17-26)29(34)21-38-20-25-13-15-27(16-14-25)33(36)37/h5-17,23,28H,4,18-21H2,1-3H3,(H,31,35)/t23-,28+/m0/s1. The number of thioether (sulfide) groups is 1. The van der Waals surface area contributed by atoms with E-state index >= 15 is 0 Å². The second-order valence-corrected chi connectivity index (χ2v) is 10.4. The van der Waals surface area contributed by atoms with E-state index in [4.69, 9.17) is 0 Å². The van der Waals surface area contributed by atoms with Crippen LogP contribution in [0.4, 0.5) is 5.69 Å². The topological polar surface area (TPSA) is 92.6 Å². The lowest BCUT2D eigenvalue weighted by Crippen LogP contribution is -2.52. The monoisotopic (exact) mass is 533 g/mol. The second-order valence-electron chi connectivity index (χ2n) is 9.45. The summed E-state index contributed by atoms with van der Waals surface area (Å²) in [6.07, 6.45) is 1.20. The lowest BCUT2D eigenvalue weighted by molar-refractivity contribution is -0.384. The van der Waals surface area contributed by atoms with Crippen LogP contribution in [0.3, 0.4) is 0 Å². The van der Waals surface area contributed by atoms with Gasteiger partial charge in [0.25, 0.3) is 5.69 Å². The van der Waals surface area contributed by atoms with Crippen LogP contribution in [0, 0.1) is 17.0 Å². The third-order valence-electron chi connectivity index (χ3n) is 6.35. The summed E-state index contributed by atoms with van der Waals surface area (Å²) in [4.78, 5) is 39.4. The molecule has 3 rings (SSSR count). The van der Waals surface area contributed by atoms with Crippen molar-refractivity contribution in [2.75, 3.05) is 5.75 Å². The SMILES string of the molecule is CC[C@H](C)NC(=O)[C@@H](Cc1ccccc1)N(Cc1cccc(C)c1)C(=O)CSCc1ccc([N+](=O)[O-])cc1. The molecule has 0 aromatic heterocycles. The number of amides is 2. The van der Waals surface area contributed by atoms with Gasteiger partial charge in [-0.15, -0.1) is 11.8 Å². The molecule has 200 valence electrons. The van der Waals surface area contributed by atoms with Crippen LogP contribution in [0.25, 0.3) is 0 Å². The van der Waals surface area contributed by atoms with Gasteiger partial charge < -0.3 is 10.2 Å². The lowest BCUT2D eigenvalue weighted by Gasteiger charge is -2.32. The number of nitrogens with zero attached hydrogens (tertiary/aromatic N) is 2. The van der Waals surface area contributed by atoms with Crippen LogP contribution in [0.1, 0.15) is 42.5 Å². The van der Waals surface area contributed by atoms with E-state index in [9.17, 15) is 19.7 Å². The Morgan fingerprint density at radius 3 is 2.29 bits per heavy atom. The highest BCUT2D eigenvalue weighted by Gasteiger charge is 2.30. The highest BCUT2D eigenvalue weighted by atomic mass is 32.2. The van der Waals surface area contributed by atoms with Crippen LogP contribution in [0.2, 0.25) is 0 Å². The van der Waals surface area contributed by atoms with Crippen molar-refractivity contribution in [1.82, 2.24) is 10.2 Å². The quantitative estimate of drug-likeness (QED) is 0.225. The highest BCUT2D eigenvalue weighted by molar-refractivity contribution is 7.99. The number of rotatable bonds is 13. The van der Waals surface area contributed by atoms with Gasteiger partial charge in [0.15, 0.2) is 0 Å². The van der Waals surface area contributed by atoms with Gasteiger partial charge >= 0.3 is 0 Å². The number of hydrogen-bond acceptors (Lipinski definition) is 5. The Morgan fingerprint density at radius 1 is 0.974 bits per heavy atom. The van der Waals surface area contributed by atoms with Crippen molar-refractivity contribution in [3.63, 3.8) is 0 Å². The summed E-state index contributed by atoms with van der Waals surface area (Å²) in [7, 11) is 0. The summed E-state index contributed by atoms with van der Waals surface area (Å²) in [5, 5.41) is 14.0. The Balaban J connectivity index is 1.83. The molecule has 0 radical (unpaired) electrons. The zero-order valence-electron chi connectivity index (χ0n) is 22.1. The zero-order chi connectivity index (χ0) is 27.5. The summed E-state index contributed by atoms with van der Waals surface area (Å²) in [6, 6.07) is 23.4. The van der Waals surface area contributed by atoms with E-state index in [0.29, 0.717) is 18.7 Å². The third-order valence-corrected chi connectivity index (χ3v) is 7.34. The number of nitro groups is 1. The molecule has 3 aromatic carbocycles. The molecule has 38 heavy (non-hydrogen) atoms. The van der Waals surface area contributed by atoms with Gasteiger partial charge in [-0.25, -0.2) is 0 Å². The van der Waals surface area contributed by atoms with Crippen LogP contribution in [0.5, 0.6) is 0 Å². The van der Waals surface area contributed by atoms with Gasteiger partial charge in [-0.1, -0.05) is 79.2 Å². The van der Waals surface area contributed by atoms with Crippen molar-refractivity contribution < 1.29 is 14.5 Å². The molecule has 0 heterocycles. The maximum atomic E-state index is 13.7. The molecule has 7 nitrogen and oxygen atoms in total. The minimum atomic E-state index is -0.667. The van der Waals surface area contributed by atoms with Crippen LogP contribution in [-0.2, 0) is 28.3 Å². The van der Waals surface area contributed by atoms with Crippen molar-refractivity contribution in [2.24, 2.45) is 0 Å². The van der Waals surface area contributed by atoms with E-state index < -0.39 is 11.0 Å². The van der Waals surface area contributed by atoms with Crippen LogP contribution >= 0.6 is 11.8 Å². The maximum absolute atomic E-state index is 13.7. The van der Waals surface area contributed by atoms with Gasteiger partial charge in [-0.2, -0.15) is 0 Å². The molecule has 0 fully saturated rings. The van der Waals surface area contributed by atoms with Gasteiger partial charge in [0.1, 0.15) is 6.04 Å². The first-order chi connectivity index (χ1) is 18.3. The first kappa shape index (κ1) is 28.9. The predicted molar refractivity (Wildman–Crippen MR) is 153 cm³/mol. The number of aryl methyl sites for hydroxylation is 1. The van der Waals surface area contributed by atoms with Crippen LogP contribution in [-0.4, -0.2) is 39.5 Å². The number of hydrogen-bond donors (Lipinski definition) is 1.